The van der Waals surface area contributed by atoms with Gasteiger partial charge in [-0.25, -0.2) is 0 Å². The molecule has 0 N–H and O–H groups in total. The van der Waals surface area contributed by atoms with Crippen LogP contribution in [0.3, 0.4) is 0 Å². The van der Waals surface area contributed by atoms with E-state index in [0.717, 1.165) is 29.4 Å². The van der Waals surface area contributed by atoms with E-state index in [9.17, 15) is 0 Å². The largest absolute Gasteiger partial charge is 0.493 e. The van der Waals surface area contributed by atoms with Crippen LogP contribution in [0.15, 0.2) is 30.9 Å². The molecule has 19 heavy (non-hydrogen) atoms. The predicted molar refractivity (Wildman–Crippen MR) is 81.2 cm³/mol. The second-order valence-corrected chi connectivity index (χ2v) is 4.85. The van der Waals surface area contributed by atoms with Crippen molar-refractivity contribution in [2.75, 3.05) is 26.8 Å². The first-order valence-electron chi connectivity index (χ1n) is 6.47. The van der Waals surface area contributed by atoms with E-state index in [1.165, 1.54) is 12.8 Å². The lowest BCUT2D eigenvalue weighted by Crippen LogP contribution is -2.26. The molecule has 2 rings (SSSR count). The Balaban J connectivity index is 2.17. The van der Waals surface area contributed by atoms with E-state index in [1.807, 2.05) is 18.2 Å². The third-order valence-corrected chi connectivity index (χ3v) is 3.65. The minimum atomic E-state index is 0.465. The molecule has 1 aromatic carbocycles. The van der Waals surface area contributed by atoms with Gasteiger partial charge in [0.15, 0.2) is 11.5 Å². The zero-order valence-electron chi connectivity index (χ0n) is 11.2. The van der Waals surface area contributed by atoms with Gasteiger partial charge in [0.1, 0.15) is 11.6 Å². The minimum absolute atomic E-state index is 0.465. The van der Waals surface area contributed by atoms with Crippen LogP contribution in [0.4, 0.5) is 0 Å². The van der Waals surface area contributed by atoms with Crippen LogP contribution < -0.4 is 9.47 Å². The molecule has 0 unspecified atom stereocenters. The number of ether oxygens (including phenoxy) is 2. The number of hydrogen-bond acceptors (Lipinski definition) is 3. The second-order valence-electron chi connectivity index (χ2n) is 4.46. The molecule has 4 heteroatoms. The van der Waals surface area contributed by atoms with Gasteiger partial charge in [0.05, 0.1) is 7.11 Å². The van der Waals surface area contributed by atoms with Crippen LogP contribution in [0.5, 0.6) is 11.5 Å². The molecule has 0 atom stereocenters. The Morgan fingerprint density at radius 3 is 2.74 bits per heavy atom. The van der Waals surface area contributed by atoms with Crippen molar-refractivity contribution < 1.29 is 9.47 Å². The van der Waals surface area contributed by atoms with Crippen LogP contribution in [0.2, 0.25) is 0 Å². The predicted octanol–water partition coefficient (Wildman–Crippen LogP) is 3.03. The fraction of sp³-hybridized carbons (Fsp3) is 0.400. The minimum Gasteiger partial charge on any atom is -0.493 e. The van der Waals surface area contributed by atoms with Gasteiger partial charge in [-0.1, -0.05) is 24.9 Å². The van der Waals surface area contributed by atoms with E-state index in [1.54, 1.807) is 13.2 Å². The number of nitrogens with zero attached hydrogens (tertiary/aromatic N) is 1. The molecule has 0 bridgehead atoms. The van der Waals surface area contributed by atoms with E-state index in [0.29, 0.717) is 12.4 Å². The van der Waals surface area contributed by atoms with Crippen molar-refractivity contribution in [2.24, 2.45) is 0 Å². The van der Waals surface area contributed by atoms with Gasteiger partial charge >= 0.3 is 0 Å². The molecule has 1 fully saturated rings. The van der Waals surface area contributed by atoms with Gasteiger partial charge in [-0.3, -0.25) is 0 Å². The Morgan fingerprint density at radius 2 is 2.11 bits per heavy atom. The Kier molecular flexibility index (Phi) is 4.80. The van der Waals surface area contributed by atoms with Gasteiger partial charge in [0, 0.05) is 18.7 Å². The van der Waals surface area contributed by atoms with Gasteiger partial charge in [-0.2, -0.15) is 0 Å². The number of rotatable bonds is 5. The lowest BCUT2D eigenvalue weighted by molar-refractivity contribution is 0.326. The first-order chi connectivity index (χ1) is 9.26. The molecule has 0 spiro atoms. The molecular formula is C15H19NO2S. The average Bonchev–Trinajstić information content (AvgIpc) is 2.98. The summed E-state index contributed by atoms with van der Waals surface area (Å²) in [6, 6.07) is 5.83. The molecule has 0 saturated carbocycles. The Bertz CT molecular complexity index is 467. The lowest BCUT2D eigenvalue weighted by atomic mass is 10.2. The highest BCUT2D eigenvalue weighted by Gasteiger charge is 2.17. The van der Waals surface area contributed by atoms with Crippen molar-refractivity contribution in [3.63, 3.8) is 0 Å². The van der Waals surface area contributed by atoms with Gasteiger partial charge in [-0.15, -0.1) is 0 Å². The molecule has 1 heterocycles. The number of benzene rings is 1. The molecule has 0 aliphatic carbocycles. The zero-order chi connectivity index (χ0) is 13.7. The van der Waals surface area contributed by atoms with Crippen molar-refractivity contribution in [1.29, 1.82) is 0 Å². The van der Waals surface area contributed by atoms with Gasteiger partial charge in [-0.05, 0) is 31.0 Å². The molecule has 1 aliphatic heterocycles. The van der Waals surface area contributed by atoms with E-state index < -0.39 is 0 Å². The Labute approximate surface area is 119 Å². The Hall–Kier alpha value is -1.55. The Morgan fingerprint density at radius 1 is 1.37 bits per heavy atom. The number of thiocarbonyl (C=S) groups is 1. The van der Waals surface area contributed by atoms with Gasteiger partial charge in [0.2, 0.25) is 0 Å². The first-order valence-corrected chi connectivity index (χ1v) is 6.88. The highest BCUT2D eigenvalue weighted by molar-refractivity contribution is 7.80. The topological polar surface area (TPSA) is 21.7 Å². The van der Waals surface area contributed by atoms with Crippen LogP contribution in [-0.4, -0.2) is 36.7 Å². The molecule has 0 amide bonds. The molecular weight excluding hydrogens is 258 g/mol. The third-order valence-electron chi connectivity index (χ3n) is 3.16. The fourth-order valence-corrected chi connectivity index (χ4v) is 2.48. The number of hydrogen-bond donors (Lipinski definition) is 0. The highest BCUT2D eigenvalue weighted by Crippen LogP contribution is 2.29. The second kappa shape index (κ2) is 6.57. The highest BCUT2D eigenvalue weighted by atomic mass is 32.1. The fourth-order valence-electron chi connectivity index (χ4n) is 2.17. The van der Waals surface area contributed by atoms with Crippen LogP contribution in [0.25, 0.3) is 0 Å². The summed E-state index contributed by atoms with van der Waals surface area (Å²) in [6.07, 6.45) is 4.15. The third kappa shape index (κ3) is 3.26. The summed E-state index contributed by atoms with van der Waals surface area (Å²) in [7, 11) is 1.64. The molecule has 1 saturated heterocycles. The summed E-state index contributed by atoms with van der Waals surface area (Å²) in [5, 5.41) is 0. The van der Waals surface area contributed by atoms with Gasteiger partial charge < -0.3 is 14.4 Å². The maximum atomic E-state index is 5.54. The van der Waals surface area contributed by atoms with E-state index in [2.05, 4.69) is 11.5 Å². The maximum Gasteiger partial charge on any atom is 0.161 e. The lowest BCUT2D eigenvalue weighted by Gasteiger charge is -2.19. The normalized spacial score (nSPS) is 14.3. The van der Waals surface area contributed by atoms with Crippen molar-refractivity contribution in [2.45, 2.75) is 12.8 Å². The standard InChI is InChI=1S/C15H19NO2S/c1-3-10-18-13-7-6-12(11-14(13)17-2)15(19)16-8-4-5-9-16/h3,6-7,11H,1,4-5,8-10H2,2H3. The molecule has 102 valence electrons. The molecule has 1 aliphatic rings. The molecule has 0 radical (unpaired) electrons. The van der Waals surface area contributed by atoms with Crippen LogP contribution >= 0.6 is 12.2 Å². The summed E-state index contributed by atoms with van der Waals surface area (Å²) in [5.74, 6) is 1.43. The summed E-state index contributed by atoms with van der Waals surface area (Å²) in [6.45, 7) is 6.20. The van der Waals surface area contributed by atoms with Crippen molar-refractivity contribution >= 4 is 17.2 Å². The number of methoxy groups -OCH3 is 1. The van der Waals surface area contributed by atoms with Crippen molar-refractivity contribution in [1.82, 2.24) is 4.90 Å². The van der Waals surface area contributed by atoms with E-state index >= 15 is 0 Å². The molecule has 1 aromatic rings. The quantitative estimate of drug-likeness (QED) is 0.609. The number of likely N-dealkylation sites (tertiary alicyclic amines) is 1. The average molecular weight is 277 g/mol. The van der Waals surface area contributed by atoms with Crippen molar-refractivity contribution in [3.8, 4) is 11.5 Å². The molecule has 3 nitrogen and oxygen atoms in total. The summed E-state index contributed by atoms with van der Waals surface area (Å²) in [4.78, 5) is 3.14. The van der Waals surface area contributed by atoms with Crippen LogP contribution in [-0.2, 0) is 0 Å². The van der Waals surface area contributed by atoms with Crippen molar-refractivity contribution in [3.05, 3.63) is 36.4 Å². The SMILES string of the molecule is C=CCOc1ccc(C(=S)N2CCCC2)cc1OC. The van der Waals surface area contributed by atoms with Crippen LogP contribution in [0, 0.1) is 0 Å². The first kappa shape index (κ1) is 13.9. The maximum absolute atomic E-state index is 5.54. The monoisotopic (exact) mass is 277 g/mol. The smallest absolute Gasteiger partial charge is 0.161 e. The summed E-state index contributed by atoms with van der Waals surface area (Å²) in [5.41, 5.74) is 1.01. The molecule has 0 aromatic heterocycles. The van der Waals surface area contributed by atoms with Crippen LogP contribution in [0.1, 0.15) is 18.4 Å². The van der Waals surface area contributed by atoms with E-state index in [-0.39, 0.29) is 0 Å². The zero-order valence-corrected chi connectivity index (χ0v) is 12.0. The van der Waals surface area contributed by atoms with E-state index in [4.69, 9.17) is 21.7 Å². The van der Waals surface area contributed by atoms with Gasteiger partial charge in [0.25, 0.3) is 0 Å². The summed E-state index contributed by atoms with van der Waals surface area (Å²) >= 11 is 5.53. The summed E-state index contributed by atoms with van der Waals surface area (Å²) < 4.78 is 10.9.